The van der Waals surface area contributed by atoms with Crippen LogP contribution in [0.15, 0.2) is 50.6 Å². The second-order valence-electron chi connectivity index (χ2n) is 6.63. The zero-order chi connectivity index (χ0) is 21.3. The molecule has 0 saturated heterocycles. The third kappa shape index (κ3) is 3.74. The van der Waals surface area contributed by atoms with Crippen LogP contribution in [0.1, 0.15) is 34.2 Å². The summed E-state index contributed by atoms with van der Waals surface area (Å²) < 4.78 is 4.97. The molecule has 0 N–H and O–H groups in total. The lowest BCUT2D eigenvalue weighted by Gasteiger charge is -2.11. The number of carbonyl (C=O) groups excluding carboxylic acids is 1. The minimum absolute atomic E-state index is 0.167. The molecule has 0 bridgehead atoms. The molecule has 148 valence electrons. The monoisotopic (exact) mass is 454 g/mol. The molecule has 0 aliphatic heterocycles. The van der Waals surface area contributed by atoms with Gasteiger partial charge in [0.1, 0.15) is 11.6 Å². The normalized spacial score (nSPS) is 10.7. The number of hydrogen-bond donors (Lipinski definition) is 0. The summed E-state index contributed by atoms with van der Waals surface area (Å²) in [6, 6.07) is 11.2. The zero-order valence-electron chi connectivity index (χ0n) is 16.3. The summed E-state index contributed by atoms with van der Waals surface area (Å²) in [6.45, 7) is 5.31. The Kier molecular flexibility index (Phi) is 5.71. The summed E-state index contributed by atoms with van der Waals surface area (Å²) in [5.41, 5.74) is 1.39. The number of nitriles is 1. The number of aromatic nitrogens is 3. The van der Waals surface area contributed by atoms with Crippen LogP contribution in [0.3, 0.4) is 0 Å². The highest BCUT2D eigenvalue weighted by molar-refractivity contribution is 9.10. The predicted octanol–water partition coefficient (Wildman–Crippen LogP) is 2.95. The van der Waals surface area contributed by atoms with Gasteiger partial charge in [-0.05, 0) is 51.1 Å². The molecule has 29 heavy (non-hydrogen) atoms. The number of Topliss-reactive ketones (excluding diaryl/α,β-unsaturated/α-hetero) is 1. The van der Waals surface area contributed by atoms with Crippen molar-refractivity contribution in [2.45, 2.75) is 33.9 Å². The van der Waals surface area contributed by atoms with Crippen LogP contribution in [0.5, 0.6) is 0 Å². The Bertz CT molecular complexity index is 1260. The third-order valence-corrected chi connectivity index (χ3v) is 5.34. The first-order valence-electron chi connectivity index (χ1n) is 9.01. The van der Waals surface area contributed by atoms with Gasteiger partial charge in [-0.25, -0.2) is 4.79 Å². The summed E-state index contributed by atoms with van der Waals surface area (Å²) in [5, 5.41) is 9.16. The van der Waals surface area contributed by atoms with Gasteiger partial charge in [0.05, 0.1) is 6.54 Å². The van der Waals surface area contributed by atoms with Crippen LogP contribution in [-0.2, 0) is 13.1 Å². The quantitative estimate of drug-likeness (QED) is 0.554. The molecule has 7 nitrogen and oxygen atoms in total. The smallest absolute Gasteiger partial charge is 0.318 e. The van der Waals surface area contributed by atoms with Gasteiger partial charge >= 0.3 is 5.69 Å². The fourth-order valence-electron chi connectivity index (χ4n) is 3.36. The standard InChI is InChI=1S/C21H19BrN4O3/c1-4-24-11-15(10-23)20(28)25(21(24)29)12-19(27)18-9-13(2)26(14(18)3)17-7-5-16(22)6-8-17/h5-9,11H,4,12H2,1-3H3. The maximum Gasteiger partial charge on any atom is 0.331 e. The van der Waals surface area contributed by atoms with Crippen molar-refractivity contribution in [3.8, 4) is 11.8 Å². The second kappa shape index (κ2) is 8.05. The molecular formula is C21H19BrN4O3. The van der Waals surface area contributed by atoms with Crippen molar-refractivity contribution >= 4 is 21.7 Å². The van der Waals surface area contributed by atoms with E-state index >= 15 is 0 Å². The van der Waals surface area contributed by atoms with Crippen LogP contribution >= 0.6 is 15.9 Å². The van der Waals surface area contributed by atoms with E-state index in [4.69, 9.17) is 5.26 Å². The molecule has 3 aromatic rings. The van der Waals surface area contributed by atoms with Gasteiger partial charge in [-0.1, -0.05) is 15.9 Å². The minimum Gasteiger partial charge on any atom is -0.318 e. The number of benzene rings is 1. The molecule has 0 radical (unpaired) electrons. The fourth-order valence-corrected chi connectivity index (χ4v) is 3.62. The molecule has 1 aromatic carbocycles. The van der Waals surface area contributed by atoms with E-state index in [-0.39, 0.29) is 11.3 Å². The largest absolute Gasteiger partial charge is 0.331 e. The van der Waals surface area contributed by atoms with Crippen molar-refractivity contribution in [1.29, 1.82) is 5.26 Å². The first kappa shape index (κ1) is 20.6. The lowest BCUT2D eigenvalue weighted by atomic mass is 10.1. The van der Waals surface area contributed by atoms with E-state index in [9.17, 15) is 14.4 Å². The van der Waals surface area contributed by atoms with Crippen LogP contribution in [0, 0.1) is 25.2 Å². The molecule has 0 spiro atoms. The van der Waals surface area contributed by atoms with Crippen molar-refractivity contribution in [1.82, 2.24) is 13.7 Å². The molecule has 2 aromatic heterocycles. The number of nitrogens with zero attached hydrogens (tertiary/aromatic N) is 4. The van der Waals surface area contributed by atoms with Gasteiger partial charge in [-0.2, -0.15) is 5.26 Å². The SMILES string of the molecule is CCn1cc(C#N)c(=O)n(CC(=O)c2cc(C)n(-c3ccc(Br)cc3)c2C)c1=O. The lowest BCUT2D eigenvalue weighted by Crippen LogP contribution is -2.42. The summed E-state index contributed by atoms with van der Waals surface area (Å²) in [4.78, 5) is 37.9. The van der Waals surface area contributed by atoms with Gasteiger partial charge in [0.25, 0.3) is 5.56 Å². The Hall–Kier alpha value is -3.18. The molecule has 0 atom stereocenters. The number of rotatable bonds is 5. The van der Waals surface area contributed by atoms with E-state index in [0.717, 1.165) is 26.1 Å². The molecule has 3 rings (SSSR count). The number of carbonyl (C=O) groups is 1. The molecular weight excluding hydrogens is 436 g/mol. The Morgan fingerprint density at radius 3 is 2.41 bits per heavy atom. The van der Waals surface area contributed by atoms with Crippen LogP contribution in [0.4, 0.5) is 0 Å². The summed E-state index contributed by atoms with van der Waals surface area (Å²) in [5.74, 6) is -0.363. The summed E-state index contributed by atoms with van der Waals surface area (Å²) >= 11 is 3.41. The molecule has 0 unspecified atom stereocenters. The summed E-state index contributed by atoms with van der Waals surface area (Å²) in [6.07, 6.45) is 1.23. The highest BCUT2D eigenvalue weighted by atomic mass is 79.9. The van der Waals surface area contributed by atoms with E-state index in [0.29, 0.717) is 12.1 Å². The van der Waals surface area contributed by atoms with Crippen molar-refractivity contribution in [2.24, 2.45) is 0 Å². The van der Waals surface area contributed by atoms with Crippen molar-refractivity contribution in [3.63, 3.8) is 0 Å². The topological polar surface area (TPSA) is 89.8 Å². The van der Waals surface area contributed by atoms with Gasteiger partial charge in [-0.3, -0.25) is 18.7 Å². The van der Waals surface area contributed by atoms with Gasteiger partial charge in [0.15, 0.2) is 5.78 Å². The fraction of sp³-hybridized carbons (Fsp3) is 0.238. The molecule has 0 aliphatic carbocycles. The zero-order valence-corrected chi connectivity index (χ0v) is 17.9. The van der Waals surface area contributed by atoms with Crippen molar-refractivity contribution in [2.75, 3.05) is 0 Å². The van der Waals surface area contributed by atoms with Crippen LogP contribution in [0.25, 0.3) is 5.69 Å². The highest BCUT2D eigenvalue weighted by Crippen LogP contribution is 2.23. The van der Waals surface area contributed by atoms with Crippen LogP contribution < -0.4 is 11.2 Å². The van der Waals surface area contributed by atoms with Gasteiger partial charge in [0.2, 0.25) is 0 Å². The average Bonchev–Trinajstić information content (AvgIpc) is 3.00. The first-order chi connectivity index (χ1) is 13.8. The third-order valence-electron chi connectivity index (χ3n) is 4.82. The van der Waals surface area contributed by atoms with E-state index < -0.39 is 17.8 Å². The van der Waals surface area contributed by atoms with Crippen LogP contribution in [-0.4, -0.2) is 19.5 Å². The Labute approximate surface area is 175 Å². The maximum atomic E-state index is 13.0. The second-order valence-corrected chi connectivity index (χ2v) is 7.55. The minimum atomic E-state index is -0.753. The van der Waals surface area contributed by atoms with E-state index in [1.165, 1.54) is 10.8 Å². The molecule has 0 aliphatic rings. The van der Waals surface area contributed by atoms with Gasteiger partial charge in [0, 0.05) is 39.9 Å². The van der Waals surface area contributed by atoms with E-state index in [2.05, 4.69) is 15.9 Å². The van der Waals surface area contributed by atoms with E-state index in [1.54, 1.807) is 19.1 Å². The number of halogens is 1. The number of aryl methyl sites for hydroxylation is 2. The molecule has 8 heteroatoms. The Morgan fingerprint density at radius 1 is 1.17 bits per heavy atom. The molecule has 0 amide bonds. The van der Waals surface area contributed by atoms with Crippen molar-refractivity contribution in [3.05, 3.63) is 84.4 Å². The first-order valence-corrected chi connectivity index (χ1v) is 9.80. The Balaban J connectivity index is 2.05. The van der Waals surface area contributed by atoms with Crippen LogP contribution in [0.2, 0.25) is 0 Å². The van der Waals surface area contributed by atoms with Crippen molar-refractivity contribution < 1.29 is 4.79 Å². The summed E-state index contributed by atoms with van der Waals surface area (Å²) in [7, 11) is 0. The Morgan fingerprint density at radius 2 is 1.83 bits per heavy atom. The average molecular weight is 455 g/mol. The van der Waals surface area contributed by atoms with Gasteiger partial charge < -0.3 is 4.57 Å². The van der Waals surface area contributed by atoms with Gasteiger partial charge in [-0.15, -0.1) is 0 Å². The molecule has 0 saturated carbocycles. The molecule has 0 fully saturated rings. The number of hydrogen-bond acceptors (Lipinski definition) is 4. The predicted molar refractivity (Wildman–Crippen MR) is 113 cm³/mol. The number of ketones is 1. The molecule has 2 heterocycles. The highest BCUT2D eigenvalue weighted by Gasteiger charge is 2.20. The maximum absolute atomic E-state index is 13.0. The van der Waals surface area contributed by atoms with E-state index in [1.807, 2.05) is 42.7 Å². The lowest BCUT2D eigenvalue weighted by molar-refractivity contribution is 0.0968.